The third-order valence-electron chi connectivity index (χ3n) is 0.277. The van der Waals surface area contributed by atoms with Crippen LogP contribution in [0.5, 0.6) is 0 Å². The van der Waals surface area contributed by atoms with E-state index < -0.39 is 17.7 Å². The molecule has 0 radical (unpaired) electrons. The van der Waals surface area contributed by atoms with Gasteiger partial charge in [-0.05, 0) is 0 Å². The minimum atomic E-state index is -1.29. The number of hydroxylamine groups is 2. The zero-order valence-electron chi connectivity index (χ0n) is 5.40. The van der Waals surface area contributed by atoms with E-state index in [1.165, 1.54) is 0 Å². The van der Waals surface area contributed by atoms with Gasteiger partial charge in [-0.25, -0.2) is 0 Å². The summed E-state index contributed by atoms with van der Waals surface area (Å²) < 4.78 is 0. The molecule has 0 rings (SSSR count). The molecule has 3 N–H and O–H groups in total. The van der Waals surface area contributed by atoms with Gasteiger partial charge in [-0.3, -0.25) is 15.2 Å². The van der Waals surface area contributed by atoms with Crippen LogP contribution in [0.2, 0.25) is 0 Å². The van der Waals surface area contributed by atoms with Crippen molar-refractivity contribution in [3.05, 3.63) is 0 Å². The molecule has 0 saturated heterocycles. The Kier molecular flexibility index (Phi) is 7.67. The van der Waals surface area contributed by atoms with Gasteiger partial charge in [0.1, 0.15) is 6.54 Å². The van der Waals surface area contributed by atoms with Crippen LogP contribution in [0.15, 0.2) is 0 Å². The maximum atomic E-state index is 9.45. The molecular formula is C2H6NNaO4. The summed E-state index contributed by atoms with van der Waals surface area (Å²) in [7, 11) is 0. The zero-order valence-corrected chi connectivity index (χ0v) is 6.40. The normalized spacial score (nSPS) is 8.38. The van der Waals surface area contributed by atoms with Crippen molar-refractivity contribution in [3.8, 4) is 0 Å². The second-order valence-electron chi connectivity index (χ2n) is 0.924. The minimum Gasteiger partial charge on any atom is -1.00 e. The van der Waals surface area contributed by atoms with E-state index in [4.69, 9.17) is 15.5 Å². The standard InChI is InChI=1S/C2H5NO4.Na.H/c4-2(5)1-3(6)7;;/h6-7H,1H2,(H,4,5);;/q;+1;-1. The Morgan fingerprint density at radius 3 is 2.00 bits per heavy atom. The predicted octanol–water partition coefficient (Wildman–Crippen LogP) is -3.73. The monoisotopic (exact) mass is 131 g/mol. The van der Waals surface area contributed by atoms with Crippen LogP contribution in [0.3, 0.4) is 0 Å². The maximum absolute atomic E-state index is 9.45. The van der Waals surface area contributed by atoms with E-state index in [0.29, 0.717) is 0 Å². The van der Waals surface area contributed by atoms with Gasteiger partial charge in [0.25, 0.3) is 0 Å². The van der Waals surface area contributed by atoms with E-state index in [1.807, 2.05) is 0 Å². The van der Waals surface area contributed by atoms with Gasteiger partial charge in [0.15, 0.2) is 0 Å². The van der Waals surface area contributed by atoms with E-state index in [1.54, 1.807) is 0 Å². The fourth-order valence-corrected chi connectivity index (χ4v) is 0.121. The van der Waals surface area contributed by atoms with E-state index in [2.05, 4.69) is 0 Å². The van der Waals surface area contributed by atoms with E-state index in [-0.39, 0.29) is 31.0 Å². The molecule has 0 heterocycles. The first-order valence-electron chi connectivity index (χ1n) is 1.50. The van der Waals surface area contributed by atoms with Crippen LogP contribution in [0.1, 0.15) is 1.43 Å². The first-order chi connectivity index (χ1) is 3.13. The van der Waals surface area contributed by atoms with Crippen LogP contribution >= 0.6 is 0 Å². The van der Waals surface area contributed by atoms with Crippen molar-refractivity contribution in [3.63, 3.8) is 0 Å². The molecule has 0 atom stereocenters. The van der Waals surface area contributed by atoms with Crippen molar-refractivity contribution in [2.75, 3.05) is 6.54 Å². The number of carboxylic acid groups (broad SMARTS) is 1. The minimum absolute atomic E-state index is 0. The molecule has 0 aliphatic heterocycles. The third-order valence-corrected chi connectivity index (χ3v) is 0.277. The Bertz CT molecular complexity index is 79.0. The third kappa shape index (κ3) is 9.61. The number of hydrogen-bond acceptors (Lipinski definition) is 4. The molecule has 0 spiro atoms. The van der Waals surface area contributed by atoms with Crippen molar-refractivity contribution < 1.29 is 51.3 Å². The van der Waals surface area contributed by atoms with Gasteiger partial charge in [-0.15, -0.1) is 0 Å². The van der Waals surface area contributed by atoms with Gasteiger partial charge in [0.2, 0.25) is 0 Å². The summed E-state index contributed by atoms with van der Waals surface area (Å²) >= 11 is 0. The van der Waals surface area contributed by atoms with Crippen molar-refractivity contribution in [2.45, 2.75) is 0 Å². The number of carboxylic acids is 1. The average Bonchev–Trinajstić information content (AvgIpc) is 1.27. The van der Waals surface area contributed by atoms with Gasteiger partial charge in [0.05, 0.1) is 0 Å². The van der Waals surface area contributed by atoms with Gasteiger partial charge >= 0.3 is 35.5 Å². The SMILES string of the molecule is O=C(O)CN(O)O.[H-].[Na+]. The molecule has 8 heavy (non-hydrogen) atoms. The molecule has 0 saturated carbocycles. The van der Waals surface area contributed by atoms with Crippen molar-refractivity contribution in [1.82, 2.24) is 5.23 Å². The van der Waals surface area contributed by atoms with Crippen LogP contribution in [-0.2, 0) is 4.79 Å². The fraction of sp³-hybridized carbons (Fsp3) is 0.500. The fourth-order valence-electron chi connectivity index (χ4n) is 0.121. The van der Waals surface area contributed by atoms with Crippen LogP contribution in [0, 0.1) is 0 Å². The van der Waals surface area contributed by atoms with Crippen LogP contribution in [0.25, 0.3) is 0 Å². The van der Waals surface area contributed by atoms with Gasteiger partial charge in [0, 0.05) is 0 Å². The van der Waals surface area contributed by atoms with Crippen molar-refractivity contribution >= 4 is 5.97 Å². The molecule has 44 valence electrons. The van der Waals surface area contributed by atoms with Crippen LogP contribution < -0.4 is 29.6 Å². The largest absolute Gasteiger partial charge is 1.00 e. The summed E-state index contributed by atoms with van der Waals surface area (Å²) in [5, 5.41) is 22.8. The molecule has 6 heteroatoms. The summed E-state index contributed by atoms with van der Waals surface area (Å²) in [5.74, 6) is -1.29. The summed E-state index contributed by atoms with van der Waals surface area (Å²) in [6.07, 6.45) is 0. The predicted molar refractivity (Wildman–Crippen MR) is 19.0 cm³/mol. The van der Waals surface area contributed by atoms with Crippen molar-refractivity contribution in [1.29, 1.82) is 0 Å². The molecule has 0 unspecified atom stereocenters. The zero-order chi connectivity index (χ0) is 5.86. The molecule has 0 amide bonds. The molecule has 0 aliphatic rings. The first kappa shape index (κ1) is 11.2. The number of nitrogens with zero attached hydrogens (tertiary/aromatic N) is 1. The molecular weight excluding hydrogens is 125 g/mol. The number of rotatable bonds is 2. The first-order valence-corrected chi connectivity index (χ1v) is 1.50. The molecule has 5 nitrogen and oxygen atoms in total. The van der Waals surface area contributed by atoms with Crippen molar-refractivity contribution in [2.24, 2.45) is 0 Å². The van der Waals surface area contributed by atoms with E-state index >= 15 is 0 Å². The average molecular weight is 131 g/mol. The Morgan fingerprint density at radius 1 is 1.62 bits per heavy atom. The van der Waals surface area contributed by atoms with Crippen LogP contribution in [0.4, 0.5) is 0 Å². The summed E-state index contributed by atoms with van der Waals surface area (Å²) in [6, 6.07) is 0. The van der Waals surface area contributed by atoms with Crippen LogP contribution in [-0.4, -0.2) is 33.3 Å². The topological polar surface area (TPSA) is 81.0 Å². The molecule has 0 aromatic rings. The summed E-state index contributed by atoms with van der Waals surface area (Å²) in [5.41, 5.74) is 0. The maximum Gasteiger partial charge on any atom is 1.00 e. The van der Waals surface area contributed by atoms with E-state index in [9.17, 15) is 4.79 Å². The van der Waals surface area contributed by atoms with Gasteiger partial charge in [-0.2, -0.15) is 0 Å². The Labute approximate surface area is 69.2 Å². The molecule has 0 aliphatic carbocycles. The Morgan fingerprint density at radius 2 is 2.00 bits per heavy atom. The second-order valence-corrected chi connectivity index (χ2v) is 0.924. The second kappa shape index (κ2) is 5.49. The van der Waals surface area contributed by atoms with Gasteiger partial charge < -0.3 is 6.53 Å². The molecule has 0 aromatic carbocycles. The van der Waals surface area contributed by atoms with E-state index in [0.717, 1.165) is 0 Å². The number of carbonyl (C=O) groups is 1. The molecule has 0 bridgehead atoms. The number of hydrogen-bond donors (Lipinski definition) is 3. The summed E-state index contributed by atoms with van der Waals surface area (Å²) in [6.45, 7) is -0.778. The Balaban J connectivity index is -0.000000180. The Hall–Kier alpha value is 0.350. The number of aliphatic carboxylic acids is 1. The smallest absolute Gasteiger partial charge is 1.00 e. The molecule has 0 aromatic heterocycles. The quantitative estimate of drug-likeness (QED) is 0.265. The summed E-state index contributed by atoms with van der Waals surface area (Å²) in [4.78, 5) is 9.45. The molecule has 0 fully saturated rings. The van der Waals surface area contributed by atoms with Gasteiger partial charge in [-0.1, -0.05) is 5.23 Å².